The number of nitrogens with one attached hydrogen (secondary N) is 1. The van der Waals surface area contributed by atoms with Gasteiger partial charge in [-0.05, 0) is 11.4 Å². The van der Waals surface area contributed by atoms with Crippen LogP contribution in [0.2, 0.25) is 0 Å². The number of methoxy groups -OCH3 is 1. The van der Waals surface area contributed by atoms with Crippen LogP contribution in [0.15, 0.2) is 11.4 Å². The van der Waals surface area contributed by atoms with Gasteiger partial charge in [0.05, 0.1) is 17.7 Å². The van der Waals surface area contributed by atoms with E-state index in [0.29, 0.717) is 0 Å². The van der Waals surface area contributed by atoms with E-state index in [9.17, 15) is 0 Å². The van der Waals surface area contributed by atoms with Gasteiger partial charge in [-0.2, -0.15) is 11.8 Å². The molecule has 2 aromatic rings. The molecule has 2 rings (SSSR count). The quantitative estimate of drug-likeness (QED) is 0.817. The van der Waals surface area contributed by atoms with E-state index in [1.54, 1.807) is 30.2 Å². The molecule has 0 saturated carbocycles. The highest BCUT2D eigenvalue weighted by Gasteiger charge is 2.07. The van der Waals surface area contributed by atoms with Gasteiger partial charge in [-0.3, -0.25) is 0 Å². The fourth-order valence-corrected chi connectivity index (χ4v) is 2.98. The smallest absolute Gasteiger partial charge is 0.142 e. The number of rotatable bonds is 6. The van der Waals surface area contributed by atoms with Crippen LogP contribution in [0.1, 0.15) is 5.82 Å². The molecule has 0 aliphatic rings. The van der Waals surface area contributed by atoms with Gasteiger partial charge in [0.2, 0.25) is 0 Å². The molecular weight excluding hydrogens is 254 g/mol. The van der Waals surface area contributed by atoms with Gasteiger partial charge in [0.15, 0.2) is 0 Å². The summed E-state index contributed by atoms with van der Waals surface area (Å²) in [5, 5.41) is 6.26. The molecule has 0 saturated heterocycles. The summed E-state index contributed by atoms with van der Waals surface area (Å²) in [5.74, 6) is 3.59. The van der Waals surface area contributed by atoms with Crippen LogP contribution >= 0.6 is 23.1 Å². The van der Waals surface area contributed by atoms with Crippen molar-refractivity contribution in [3.05, 3.63) is 17.3 Å². The molecule has 1 N–H and O–H groups in total. The zero-order valence-electron chi connectivity index (χ0n) is 9.90. The van der Waals surface area contributed by atoms with Gasteiger partial charge in [0, 0.05) is 19.9 Å². The summed E-state index contributed by atoms with van der Waals surface area (Å²) in [5.41, 5.74) is 0. The number of ether oxygens (including phenoxy) is 1. The maximum atomic E-state index is 5.01. The van der Waals surface area contributed by atoms with Crippen molar-refractivity contribution in [2.24, 2.45) is 0 Å². The molecule has 6 heteroatoms. The van der Waals surface area contributed by atoms with Gasteiger partial charge in [-0.1, -0.05) is 0 Å². The molecule has 0 fully saturated rings. The molecule has 92 valence electrons. The van der Waals surface area contributed by atoms with Crippen molar-refractivity contribution < 1.29 is 4.74 Å². The summed E-state index contributed by atoms with van der Waals surface area (Å²) < 4.78 is 5.01. The highest BCUT2D eigenvalue weighted by molar-refractivity contribution is 7.98. The van der Waals surface area contributed by atoms with E-state index >= 15 is 0 Å². The first-order valence-electron chi connectivity index (χ1n) is 5.33. The molecule has 0 radical (unpaired) electrons. The molecule has 2 aromatic heterocycles. The Hall–Kier alpha value is -0.850. The average molecular weight is 269 g/mol. The lowest BCUT2D eigenvalue weighted by Gasteiger charge is -2.05. The lowest BCUT2D eigenvalue weighted by atomic mass is 10.4. The molecule has 4 nitrogen and oxygen atoms in total. The fourth-order valence-electron chi connectivity index (χ4n) is 1.46. The summed E-state index contributed by atoms with van der Waals surface area (Å²) in [6, 6.07) is 2.05. The van der Waals surface area contributed by atoms with Crippen molar-refractivity contribution in [2.75, 3.05) is 31.8 Å². The number of thiophene rings is 1. The second-order valence-electron chi connectivity index (χ2n) is 3.42. The Labute approximate surface area is 109 Å². The molecular formula is C11H15N3OS2. The Bertz CT molecular complexity index is 487. The standard InChI is InChI=1S/C11H15N3OS2/c1-12-10-8-3-5-17-11(8)14-9(13-10)7-16-6-4-15-2/h3,5H,4,6-7H2,1-2H3,(H,12,13,14). The highest BCUT2D eigenvalue weighted by Crippen LogP contribution is 2.25. The fraction of sp³-hybridized carbons (Fsp3) is 0.455. The van der Waals surface area contributed by atoms with Crippen LogP contribution in [0.4, 0.5) is 5.82 Å². The minimum atomic E-state index is 0.769. The number of hydrogen-bond acceptors (Lipinski definition) is 6. The molecule has 0 bridgehead atoms. The highest BCUT2D eigenvalue weighted by atomic mass is 32.2. The zero-order chi connectivity index (χ0) is 12.1. The van der Waals surface area contributed by atoms with Crippen LogP contribution in [0.5, 0.6) is 0 Å². The normalized spacial score (nSPS) is 10.9. The Morgan fingerprint density at radius 1 is 1.47 bits per heavy atom. The molecule has 0 aromatic carbocycles. The third-order valence-corrected chi connectivity index (χ3v) is 4.00. The Kier molecular flexibility index (Phi) is 4.58. The number of anilines is 1. The van der Waals surface area contributed by atoms with Gasteiger partial charge in [-0.15, -0.1) is 11.3 Å². The molecule has 17 heavy (non-hydrogen) atoms. The molecule has 0 aliphatic carbocycles. The topological polar surface area (TPSA) is 47.0 Å². The maximum absolute atomic E-state index is 5.01. The summed E-state index contributed by atoms with van der Waals surface area (Å²) >= 11 is 3.44. The van der Waals surface area contributed by atoms with Crippen molar-refractivity contribution in [3.63, 3.8) is 0 Å². The lowest BCUT2D eigenvalue weighted by molar-refractivity contribution is 0.218. The zero-order valence-corrected chi connectivity index (χ0v) is 11.5. The second kappa shape index (κ2) is 6.18. The first kappa shape index (κ1) is 12.6. The minimum Gasteiger partial charge on any atom is -0.384 e. The van der Waals surface area contributed by atoms with E-state index in [1.807, 2.05) is 18.5 Å². The van der Waals surface area contributed by atoms with Gasteiger partial charge in [0.25, 0.3) is 0 Å². The van der Waals surface area contributed by atoms with E-state index in [0.717, 1.165) is 40.0 Å². The van der Waals surface area contributed by atoms with E-state index in [1.165, 1.54) is 0 Å². The number of hydrogen-bond donors (Lipinski definition) is 1. The largest absolute Gasteiger partial charge is 0.384 e. The van der Waals surface area contributed by atoms with Crippen molar-refractivity contribution in [2.45, 2.75) is 5.75 Å². The molecule has 0 spiro atoms. The lowest BCUT2D eigenvalue weighted by Crippen LogP contribution is -2.00. The second-order valence-corrected chi connectivity index (χ2v) is 5.42. The van der Waals surface area contributed by atoms with Crippen LogP contribution in [-0.4, -0.2) is 36.5 Å². The molecule has 0 unspecified atom stereocenters. The van der Waals surface area contributed by atoms with Crippen LogP contribution in [-0.2, 0) is 10.5 Å². The molecule has 2 heterocycles. The minimum absolute atomic E-state index is 0.769. The first-order valence-corrected chi connectivity index (χ1v) is 7.37. The molecule has 0 amide bonds. The van der Waals surface area contributed by atoms with Gasteiger partial charge >= 0.3 is 0 Å². The number of fused-ring (bicyclic) bond motifs is 1. The summed E-state index contributed by atoms with van der Waals surface area (Å²) in [7, 11) is 3.61. The van der Waals surface area contributed by atoms with Crippen molar-refractivity contribution in [3.8, 4) is 0 Å². The summed E-state index contributed by atoms with van der Waals surface area (Å²) in [4.78, 5) is 10.1. The third-order valence-electron chi connectivity index (χ3n) is 2.27. The van der Waals surface area contributed by atoms with Crippen LogP contribution < -0.4 is 5.32 Å². The van der Waals surface area contributed by atoms with E-state index < -0.39 is 0 Å². The Morgan fingerprint density at radius 2 is 2.35 bits per heavy atom. The monoisotopic (exact) mass is 269 g/mol. The predicted molar refractivity (Wildman–Crippen MR) is 75.0 cm³/mol. The van der Waals surface area contributed by atoms with Crippen molar-refractivity contribution >= 4 is 39.1 Å². The van der Waals surface area contributed by atoms with E-state index in [2.05, 4.69) is 15.3 Å². The Morgan fingerprint density at radius 3 is 3.12 bits per heavy atom. The number of aromatic nitrogens is 2. The van der Waals surface area contributed by atoms with E-state index in [4.69, 9.17) is 4.74 Å². The van der Waals surface area contributed by atoms with Crippen molar-refractivity contribution in [1.29, 1.82) is 0 Å². The molecule has 0 aliphatic heterocycles. The summed E-state index contributed by atoms with van der Waals surface area (Å²) in [6.07, 6.45) is 0. The van der Waals surface area contributed by atoms with Crippen LogP contribution in [0, 0.1) is 0 Å². The van der Waals surface area contributed by atoms with E-state index in [-0.39, 0.29) is 0 Å². The summed E-state index contributed by atoms with van der Waals surface area (Å²) in [6.45, 7) is 0.769. The third kappa shape index (κ3) is 3.08. The first-order chi connectivity index (χ1) is 8.35. The average Bonchev–Trinajstić information content (AvgIpc) is 2.81. The molecule has 0 atom stereocenters. The van der Waals surface area contributed by atoms with Gasteiger partial charge in [0.1, 0.15) is 16.5 Å². The van der Waals surface area contributed by atoms with Gasteiger partial charge < -0.3 is 10.1 Å². The van der Waals surface area contributed by atoms with Crippen molar-refractivity contribution in [1.82, 2.24) is 9.97 Å². The Balaban J connectivity index is 2.11. The van der Waals surface area contributed by atoms with Gasteiger partial charge in [-0.25, -0.2) is 9.97 Å². The number of thioether (sulfide) groups is 1. The SMILES string of the molecule is CNc1nc(CSCCOC)nc2sccc12. The maximum Gasteiger partial charge on any atom is 0.142 e. The predicted octanol–water partition coefficient (Wildman–Crippen LogP) is 2.61. The number of nitrogens with zero attached hydrogens (tertiary/aromatic N) is 2. The van der Waals surface area contributed by atoms with Crippen LogP contribution in [0.25, 0.3) is 10.2 Å². The van der Waals surface area contributed by atoms with Crippen LogP contribution in [0.3, 0.4) is 0 Å².